The molecule has 0 saturated carbocycles. The first-order chi connectivity index (χ1) is 26.2. The molecule has 0 amide bonds. The normalized spacial score (nSPS) is 11.8. The summed E-state index contributed by atoms with van der Waals surface area (Å²) in [7, 11) is 0. The first-order valence-corrected chi connectivity index (χ1v) is 17.9. The van der Waals surface area contributed by atoms with Gasteiger partial charge in [0.2, 0.25) is 5.89 Å². The summed E-state index contributed by atoms with van der Waals surface area (Å²) < 4.78 is 13.2. The quantitative estimate of drug-likeness (QED) is 0.182. The van der Waals surface area contributed by atoms with Crippen LogP contribution in [0.2, 0.25) is 0 Å². The lowest BCUT2D eigenvalue weighted by Crippen LogP contribution is -2.10. The van der Waals surface area contributed by atoms with Gasteiger partial charge < -0.3 is 13.7 Å². The van der Waals surface area contributed by atoms with E-state index in [0.717, 1.165) is 72.0 Å². The van der Waals surface area contributed by atoms with Gasteiger partial charge in [0.25, 0.3) is 0 Å². The lowest BCUT2D eigenvalue weighted by atomic mass is 9.97. The fourth-order valence-electron chi connectivity index (χ4n) is 7.96. The average molecular weight is 679 g/mol. The Kier molecular flexibility index (Phi) is 6.52. The molecular weight excluding hydrogens is 649 g/mol. The minimum absolute atomic E-state index is 0.580. The Hall–Kier alpha value is -7.17. The largest absolute Gasteiger partial charge is 0.456 e. The van der Waals surface area contributed by atoms with Gasteiger partial charge in [0.15, 0.2) is 5.58 Å². The minimum Gasteiger partial charge on any atom is -0.456 e. The summed E-state index contributed by atoms with van der Waals surface area (Å²) in [6.45, 7) is 0. The van der Waals surface area contributed by atoms with Crippen molar-refractivity contribution in [2.75, 3.05) is 4.90 Å². The maximum Gasteiger partial charge on any atom is 0.228 e. The molecule has 0 N–H and O–H groups in total. The van der Waals surface area contributed by atoms with Crippen LogP contribution in [0.15, 0.2) is 191 Å². The summed E-state index contributed by atoms with van der Waals surface area (Å²) in [4.78, 5) is 7.28. The zero-order valence-corrected chi connectivity index (χ0v) is 28.5. The van der Waals surface area contributed by atoms with E-state index in [1.807, 2.05) is 30.3 Å². The zero-order chi connectivity index (χ0) is 34.9. The number of hydrogen-bond donors (Lipinski definition) is 0. The van der Waals surface area contributed by atoms with Crippen LogP contribution in [0.4, 0.5) is 17.1 Å². The van der Waals surface area contributed by atoms with E-state index < -0.39 is 0 Å². The summed E-state index contributed by atoms with van der Waals surface area (Å²) in [6, 6.07) is 64.0. The number of nitrogens with zero attached hydrogens (tertiary/aromatic N) is 2. The van der Waals surface area contributed by atoms with Gasteiger partial charge in [-0.15, -0.1) is 0 Å². The zero-order valence-electron chi connectivity index (χ0n) is 28.5. The lowest BCUT2D eigenvalue weighted by molar-refractivity contribution is 0.623. The molecule has 53 heavy (non-hydrogen) atoms. The van der Waals surface area contributed by atoms with Crippen molar-refractivity contribution in [1.29, 1.82) is 0 Å². The first kappa shape index (κ1) is 29.5. The Morgan fingerprint density at radius 3 is 1.96 bits per heavy atom. The van der Waals surface area contributed by atoms with Crippen LogP contribution >= 0.6 is 0 Å². The van der Waals surface area contributed by atoms with E-state index in [0.29, 0.717) is 5.89 Å². The van der Waals surface area contributed by atoms with Gasteiger partial charge in [0.05, 0.1) is 0 Å². The van der Waals surface area contributed by atoms with Crippen LogP contribution in [0.3, 0.4) is 0 Å². The molecule has 4 nitrogen and oxygen atoms in total. The second-order valence-corrected chi connectivity index (χ2v) is 13.6. The Morgan fingerprint density at radius 1 is 0.396 bits per heavy atom. The number of aromatic nitrogens is 1. The molecule has 11 rings (SSSR count). The van der Waals surface area contributed by atoms with Crippen LogP contribution in [0.5, 0.6) is 0 Å². The SMILES string of the molecule is c1cc(-c2cccc3ccccc23)cc(N(c2ccc3ccccc3c2)c2ccc3c(c2)oc2cccc(-c4nc5ccc6ccccc6c5o4)c23)c1. The molecule has 0 radical (unpaired) electrons. The van der Waals surface area contributed by atoms with Gasteiger partial charge in [-0.3, -0.25) is 0 Å². The molecule has 4 heteroatoms. The number of rotatable bonds is 5. The highest BCUT2D eigenvalue weighted by Gasteiger charge is 2.20. The van der Waals surface area contributed by atoms with Crippen molar-refractivity contribution >= 4 is 82.4 Å². The van der Waals surface area contributed by atoms with Crippen molar-refractivity contribution < 1.29 is 8.83 Å². The number of oxazole rings is 1. The molecule has 0 saturated heterocycles. The predicted molar refractivity (Wildman–Crippen MR) is 219 cm³/mol. The monoisotopic (exact) mass is 678 g/mol. The van der Waals surface area contributed by atoms with Crippen molar-refractivity contribution in [1.82, 2.24) is 4.98 Å². The molecule has 9 aromatic carbocycles. The average Bonchev–Trinajstić information content (AvgIpc) is 3.83. The van der Waals surface area contributed by atoms with Crippen molar-refractivity contribution in [3.63, 3.8) is 0 Å². The van der Waals surface area contributed by atoms with Gasteiger partial charge in [-0.1, -0.05) is 121 Å². The summed E-state index contributed by atoms with van der Waals surface area (Å²) >= 11 is 0. The summed E-state index contributed by atoms with van der Waals surface area (Å²) in [5.41, 5.74) is 9.60. The number of hydrogen-bond acceptors (Lipinski definition) is 4. The predicted octanol–water partition coefficient (Wildman–Crippen LogP) is 14.0. The van der Waals surface area contributed by atoms with E-state index in [1.165, 1.54) is 27.1 Å². The van der Waals surface area contributed by atoms with Gasteiger partial charge in [0, 0.05) is 44.9 Å². The molecular formula is C49H30N2O2. The summed E-state index contributed by atoms with van der Waals surface area (Å²) in [6.07, 6.45) is 0. The van der Waals surface area contributed by atoms with Gasteiger partial charge in [-0.25, -0.2) is 4.98 Å². The first-order valence-electron chi connectivity index (χ1n) is 17.9. The fraction of sp³-hybridized carbons (Fsp3) is 0. The molecule has 0 aliphatic carbocycles. The molecule has 248 valence electrons. The molecule has 0 bridgehead atoms. The van der Waals surface area contributed by atoms with Crippen LogP contribution in [0.1, 0.15) is 0 Å². The van der Waals surface area contributed by atoms with Gasteiger partial charge in [-0.05, 0) is 92.7 Å². The van der Waals surface area contributed by atoms with Crippen LogP contribution in [-0.2, 0) is 0 Å². The van der Waals surface area contributed by atoms with Crippen LogP contribution in [0, 0.1) is 0 Å². The molecule has 0 aliphatic heterocycles. The lowest BCUT2D eigenvalue weighted by Gasteiger charge is -2.26. The van der Waals surface area contributed by atoms with Crippen LogP contribution in [0.25, 0.3) is 87.9 Å². The van der Waals surface area contributed by atoms with Crippen molar-refractivity contribution in [3.05, 3.63) is 182 Å². The number of furan rings is 1. The molecule has 2 aromatic heterocycles. The van der Waals surface area contributed by atoms with E-state index in [9.17, 15) is 0 Å². The van der Waals surface area contributed by atoms with Crippen LogP contribution < -0.4 is 4.90 Å². The highest BCUT2D eigenvalue weighted by Crippen LogP contribution is 2.43. The van der Waals surface area contributed by atoms with Crippen molar-refractivity contribution in [2.24, 2.45) is 0 Å². The number of fused-ring (bicyclic) bond motifs is 8. The molecule has 0 fully saturated rings. The van der Waals surface area contributed by atoms with E-state index in [-0.39, 0.29) is 0 Å². The number of benzene rings is 9. The topological polar surface area (TPSA) is 42.4 Å². The van der Waals surface area contributed by atoms with Gasteiger partial charge in [-0.2, -0.15) is 0 Å². The number of anilines is 3. The standard InChI is InChI=1S/C49H30N2O2/c1-2-13-34-28-37(24-22-31(34)10-1)51(36-16-7-15-35(29-36)40-19-8-14-32-11-3-5-17-39(32)40)38-25-26-42-46(30-38)52-45-21-9-20-43(47(42)45)49-50-44-27-23-33-12-4-6-18-41(33)48(44)53-49/h1-30H. The minimum atomic E-state index is 0.580. The third-order valence-electron chi connectivity index (χ3n) is 10.4. The maximum absolute atomic E-state index is 6.64. The molecule has 0 atom stereocenters. The highest BCUT2D eigenvalue weighted by atomic mass is 16.3. The molecule has 0 unspecified atom stereocenters. The summed E-state index contributed by atoms with van der Waals surface area (Å²) in [5.74, 6) is 0.580. The van der Waals surface area contributed by atoms with Crippen LogP contribution in [-0.4, -0.2) is 4.98 Å². The van der Waals surface area contributed by atoms with E-state index in [2.05, 4.69) is 157 Å². The summed E-state index contributed by atoms with van der Waals surface area (Å²) in [5, 5.41) is 9.01. The van der Waals surface area contributed by atoms with E-state index >= 15 is 0 Å². The smallest absolute Gasteiger partial charge is 0.228 e. The Bertz CT molecular complexity index is 3200. The van der Waals surface area contributed by atoms with E-state index in [1.54, 1.807) is 0 Å². The molecule has 0 spiro atoms. The molecule has 11 aromatic rings. The fourth-order valence-corrected chi connectivity index (χ4v) is 7.96. The van der Waals surface area contributed by atoms with Gasteiger partial charge >= 0.3 is 0 Å². The Morgan fingerprint density at radius 2 is 1.06 bits per heavy atom. The molecule has 0 aliphatic rings. The Balaban J connectivity index is 1.09. The second-order valence-electron chi connectivity index (χ2n) is 13.6. The maximum atomic E-state index is 6.64. The molecule has 2 heterocycles. The second kappa shape index (κ2) is 11.7. The third kappa shape index (κ3) is 4.80. The van der Waals surface area contributed by atoms with Gasteiger partial charge in [0.1, 0.15) is 16.7 Å². The van der Waals surface area contributed by atoms with Crippen molar-refractivity contribution in [3.8, 4) is 22.6 Å². The third-order valence-corrected chi connectivity index (χ3v) is 10.4. The van der Waals surface area contributed by atoms with Crippen molar-refractivity contribution in [2.45, 2.75) is 0 Å². The highest BCUT2D eigenvalue weighted by molar-refractivity contribution is 6.13. The Labute approximate surface area is 304 Å². The van der Waals surface area contributed by atoms with E-state index in [4.69, 9.17) is 13.8 Å².